The molecule has 2 aromatic carbocycles. The monoisotopic (exact) mass is 513 g/mol. The number of amides is 1. The van der Waals surface area contributed by atoms with E-state index in [-0.39, 0.29) is 41.2 Å². The molecule has 3 rings (SSSR count). The topological polar surface area (TPSA) is 206 Å². The van der Waals surface area contributed by atoms with Gasteiger partial charge in [0, 0.05) is 29.4 Å². The molecule has 1 heterocycles. The van der Waals surface area contributed by atoms with Gasteiger partial charge in [-0.1, -0.05) is 24.3 Å². The first-order valence-corrected chi connectivity index (χ1v) is 12.2. The summed E-state index contributed by atoms with van der Waals surface area (Å²) in [7, 11) is -4.57. The van der Waals surface area contributed by atoms with E-state index in [0.717, 1.165) is 22.3 Å². The van der Waals surface area contributed by atoms with Gasteiger partial charge in [0.25, 0.3) is 15.7 Å². The summed E-state index contributed by atoms with van der Waals surface area (Å²) in [5.74, 6) is -0.547. The maximum atomic E-state index is 13.2. The average molecular weight is 514 g/mol. The molecule has 36 heavy (non-hydrogen) atoms. The summed E-state index contributed by atoms with van der Waals surface area (Å²) in [4.78, 5) is 29.7. The Hall–Kier alpha value is -4.23. The highest BCUT2D eigenvalue weighted by atomic mass is 32.2. The first kappa shape index (κ1) is 26.4. The minimum atomic E-state index is -4.57. The summed E-state index contributed by atoms with van der Waals surface area (Å²) in [5, 5.41) is 13.1. The maximum Gasteiger partial charge on any atom is 0.294 e. The second-order valence-corrected chi connectivity index (χ2v) is 9.76. The smallest absolute Gasteiger partial charge is 0.294 e. The largest absolute Gasteiger partial charge is 0.399 e. The van der Waals surface area contributed by atoms with Crippen LogP contribution in [-0.4, -0.2) is 40.3 Å². The zero-order valence-corrected chi connectivity index (χ0v) is 20.5. The maximum absolute atomic E-state index is 13.2. The molecule has 190 valence electrons. The SMILES string of the molecule is CC(C)Nc1ncc(-c2cc(N)cc(S(=O)(=O)O)c2)n(CC(=O)NCc2ccc(C(=N)N)cc2)c1=O. The highest BCUT2D eigenvalue weighted by Gasteiger charge is 2.18. The number of rotatable bonds is 9. The normalized spacial score (nSPS) is 11.3. The van der Waals surface area contributed by atoms with E-state index < -0.39 is 33.0 Å². The molecule has 0 atom stereocenters. The van der Waals surface area contributed by atoms with Gasteiger partial charge < -0.3 is 22.1 Å². The number of hydrogen-bond donors (Lipinski definition) is 6. The van der Waals surface area contributed by atoms with E-state index in [0.29, 0.717) is 5.56 Å². The molecule has 0 radical (unpaired) electrons. The molecule has 0 spiro atoms. The Morgan fingerprint density at radius 2 is 1.86 bits per heavy atom. The Morgan fingerprint density at radius 1 is 1.19 bits per heavy atom. The molecule has 0 aliphatic carbocycles. The van der Waals surface area contributed by atoms with Gasteiger partial charge in [-0.25, -0.2) is 4.98 Å². The fourth-order valence-corrected chi connectivity index (χ4v) is 3.93. The molecule has 1 aromatic heterocycles. The average Bonchev–Trinajstić information content (AvgIpc) is 2.79. The Kier molecular flexibility index (Phi) is 7.75. The van der Waals surface area contributed by atoms with Gasteiger partial charge in [-0.15, -0.1) is 0 Å². The van der Waals surface area contributed by atoms with Crippen molar-refractivity contribution in [1.82, 2.24) is 14.9 Å². The Bertz CT molecular complexity index is 1470. The molecule has 3 aromatic rings. The van der Waals surface area contributed by atoms with Crippen LogP contribution in [0.3, 0.4) is 0 Å². The fourth-order valence-electron chi connectivity index (χ4n) is 3.37. The molecule has 8 N–H and O–H groups in total. The van der Waals surface area contributed by atoms with Crippen LogP contribution >= 0.6 is 0 Å². The van der Waals surface area contributed by atoms with E-state index in [1.54, 1.807) is 24.3 Å². The number of anilines is 2. The van der Waals surface area contributed by atoms with Gasteiger partial charge >= 0.3 is 0 Å². The number of aromatic nitrogens is 2. The number of nitrogens with two attached hydrogens (primary N) is 2. The van der Waals surface area contributed by atoms with Gasteiger partial charge in [0.05, 0.1) is 16.8 Å². The van der Waals surface area contributed by atoms with Gasteiger partial charge in [0.1, 0.15) is 12.4 Å². The molecule has 1 amide bonds. The van der Waals surface area contributed by atoms with Crippen LogP contribution in [0.2, 0.25) is 0 Å². The third kappa shape index (κ3) is 6.46. The zero-order chi connectivity index (χ0) is 26.6. The van der Waals surface area contributed by atoms with Crippen molar-refractivity contribution in [3.63, 3.8) is 0 Å². The summed E-state index contributed by atoms with van der Waals surface area (Å²) in [5.41, 5.74) is 12.3. The number of amidine groups is 1. The van der Waals surface area contributed by atoms with Crippen LogP contribution in [0.5, 0.6) is 0 Å². The van der Waals surface area contributed by atoms with Gasteiger partial charge in [-0.3, -0.25) is 24.1 Å². The number of carbonyl (C=O) groups excluding carboxylic acids is 1. The third-order valence-electron chi connectivity index (χ3n) is 5.06. The van der Waals surface area contributed by atoms with Crippen molar-refractivity contribution in [2.24, 2.45) is 5.73 Å². The van der Waals surface area contributed by atoms with E-state index in [2.05, 4.69) is 15.6 Å². The van der Waals surface area contributed by atoms with Gasteiger partial charge in [0.15, 0.2) is 5.82 Å². The fraction of sp³-hybridized carbons (Fsp3) is 0.217. The van der Waals surface area contributed by atoms with E-state index in [1.165, 1.54) is 12.3 Å². The highest BCUT2D eigenvalue weighted by molar-refractivity contribution is 7.85. The van der Waals surface area contributed by atoms with Gasteiger partial charge in [-0.05, 0) is 37.6 Å². The summed E-state index contributed by atoms with van der Waals surface area (Å²) in [6.07, 6.45) is 1.32. The van der Waals surface area contributed by atoms with Gasteiger partial charge in [0.2, 0.25) is 5.91 Å². The minimum Gasteiger partial charge on any atom is -0.399 e. The lowest BCUT2D eigenvalue weighted by atomic mass is 10.1. The summed E-state index contributed by atoms with van der Waals surface area (Å²) >= 11 is 0. The molecule has 13 heteroatoms. The standard InChI is InChI=1S/C23H27N7O5S/c1-13(2)29-22-23(32)30(12-20(31)27-10-14-3-5-15(6-4-14)21(25)26)19(11-28-22)16-7-17(24)9-18(8-16)36(33,34)35/h3-9,11,13H,10,12,24H2,1-2H3,(H3,25,26)(H,27,31)(H,28,29)(H,33,34,35). The Morgan fingerprint density at radius 3 is 2.44 bits per heavy atom. The van der Waals surface area contributed by atoms with E-state index in [1.807, 2.05) is 13.8 Å². The van der Waals surface area contributed by atoms with Crippen LogP contribution in [0, 0.1) is 5.41 Å². The van der Waals surface area contributed by atoms with Crippen LogP contribution in [0.1, 0.15) is 25.0 Å². The van der Waals surface area contributed by atoms with Crippen molar-refractivity contribution in [3.8, 4) is 11.3 Å². The molecule has 0 saturated carbocycles. The first-order valence-electron chi connectivity index (χ1n) is 10.8. The number of nitrogens with one attached hydrogen (secondary N) is 3. The lowest BCUT2D eigenvalue weighted by molar-refractivity contribution is -0.121. The van der Waals surface area contributed by atoms with Crippen molar-refractivity contribution >= 4 is 33.4 Å². The lowest BCUT2D eigenvalue weighted by Gasteiger charge is -2.17. The van der Waals surface area contributed by atoms with Gasteiger partial charge in [-0.2, -0.15) is 8.42 Å². The second kappa shape index (κ2) is 10.6. The Labute approximate surface area is 207 Å². The molecule has 0 aliphatic rings. The molecule has 0 bridgehead atoms. The summed E-state index contributed by atoms with van der Waals surface area (Å²) in [6.45, 7) is 3.40. The molecule has 0 fully saturated rings. The quantitative estimate of drug-likeness (QED) is 0.105. The van der Waals surface area contributed by atoms with E-state index >= 15 is 0 Å². The van der Waals surface area contributed by atoms with Crippen LogP contribution in [0.4, 0.5) is 11.5 Å². The molecule has 0 aliphatic heterocycles. The lowest BCUT2D eigenvalue weighted by Crippen LogP contribution is -2.35. The minimum absolute atomic E-state index is 0.0141. The summed E-state index contributed by atoms with van der Waals surface area (Å²) in [6, 6.07) is 10.3. The number of benzene rings is 2. The zero-order valence-electron chi connectivity index (χ0n) is 19.6. The van der Waals surface area contributed by atoms with Crippen molar-refractivity contribution < 1.29 is 17.8 Å². The van der Waals surface area contributed by atoms with Crippen LogP contribution < -0.4 is 27.7 Å². The van der Waals surface area contributed by atoms with Crippen molar-refractivity contribution in [2.75, 3.05) is 11.1 Å². The second-order valence-electron chi connectivity index (χ2n) is 8.34. The number of carbonyl (C=O) groups is 1. The van der Waals surface area contributed by atoms with Crippen LogP contribution in [0.15, 0.2) is 58.4 Å². The highest BCUT2D eigenvalue weighted by Crippen LogP contribution is 2.25. The number of hydrogen-bond acceptors (Lipinski definition) is 8. The van der Waals surface area contributed by atoms with E-state index in [9.17, 15) is 22.6 Å². The van der Waals surface area contributed by atoms with Crippen LogP contribution in [-0.2, 0) is 28.0 Å². The van der Waals surface area contributed by atoms with E-state index in [4.69, 9.17) is 16.9 Å². The van der Waals surface area contributed by atoms with Crippen LogP contribution in [0.25, 0.3) is 11.3 Å². The predicted molar refractivity (Wildman–Crippen MR) is 136 cm³/mol. The van der Waals surface area contributed by atoms with Crippen molar-refractivity contribution in [2.45, 2.75) is 37.9 Å². The molecular formula is C23H27N7O5S. The van der Waals surface area contributed by atoms with Crippen molar-refractivity contribution in [3.05, 3.63) is 70.1 Å². The molecular weight excluding hydrogens is 486 g/mol. The number of nitrogens with zero attached hydrogens (tertiary/aromatic N) is 2. The van der Waals surface area contributed by atoms with Crippen molar-refractivity contribution in [1.29, 1.82) is 5.41 Å². The summed E-state index contributed by atoms with van der Waals surface area (Å²) < 4.78 is 34.0. The third-order valence-corrected chi connectivity index (χ3v) is 5.89. The molecule has 0 unspecified atom stereocenters. The molecule has 0 saturated heterocycles. The predicted octanol–water partition coefficient (Wildman–Crippen LogP) is 1.16. The first-order chi connectivity index (χ1) is 16.8. The molecule has 12 nitrogen and oxygen atoms in total. The number of nitrogen functional groups attached to an aromatic ring is 2. The Balaban J connectivity index is 1.96.